The molecule has 7 rings (SSSR count). The second-order valence-electron chi connectivity index (χ2n) is 9.85. The van der Waals surface area contributed by atoms with Crippen molar-refractivity contribution in [2.75, 3.05) is 25.2 Å². The molecular weight excluding hydrogens is 568 g/mol. The Morgan fingerprint density at radius 2 is 1.67 bits per heavy atom. The average Bonchev–Trinajstić information content (AvgIpc) is 3.58. The summed E-state index contributed by atoms with van der Waals surface area (Å²) < 4.78 is 23.5. The smallest absolute Gasteiger partial charge is 0.301 e. The molecule has 0 aliphatic carbocycles. The van der Waals surface area contributed by atoms with Gasteiger partial charge in [0, 0.05) is 5.56 Å². The van der Waals surface area contributed by atoms with E-state index >= 15 is 0 Å². The standard InChI is InChI=1S/C33H24N2O7S/c1-39-22-11-12-24-27(18-22)43-33(34-24)35-29(19-6-5-9-23(16-19)42-21-7-3-2-4-8-21)28(31(37)32(35)38)30(36)20-10-13-25-26(17-20)41-15-14-40-25/h2-13,16-18,29,36H,14-15H2,1H3/b30-28+. The van der Waals surface area contributed by atoms with Gasteiger partial charge in [-0.15, -0.1) is 0 Å². The molecule has 2 aliphatic heterocycles. The molecule has 9 nitrogen and oxygen atoms in total. The summed E-state index contributed by atoms with van der Waals surface area (Å²) in [5.41, 5.74) is 1.45. The lowest BCUT2D eigenvalue weighted by atomic mass is 9.95. The summed E-state index contributed by atoms with van der Waals surface area (Å²) in [6.07, 6.45) is 0. The SMILES string of the molecule is COc1ccc2nc(N3C(=O)C(=O)/C(=C(/O)c4ccc5c(c4)OCCO5)C3c3cccc(Oc4ccccc4)c3)sc2c1. The van der Waals surface area contributed by atoms with Gasteiger partial charge in [-0.05, 0) is 66.2 Å². The van der Waals surface area contributed by atoms with E-state index < -0.39 is 17.7 Å². The van der Waals surface area contributed by atoms with E-state index in [0.29, 0.717) is 63.7 Å². The first kappa shape index (κ1) is 26.5. The number of aliphatic hydroxyl groups excluding tert-OH is 1. The molecule has 0 bridgehead atoms. The van der Waals surface area contributed by atoms with Crippen molar-refractivity contribution in [3.8, 4) is 28.7 Å². The Labute approximate surface area is 250 Å². The van der Waals surface area contributed by atoms with E-state index in [1.54, 1.807) is 61.7 Å². The number of Topliss-reactive ketones (excluding diaryl/α,β-unsaturated/α-hetero) is 1. The van der Waals surface area contributed by atoms with E-state index in [4.69, 9.17) is 18.9 Å². The van der Waals surface area contributed by atoms with Crippen LogP contribution >= 0.6 is 11.3 Å². The normalized spacial score (nSPS) is 17.3. The molecule has 1 atom stereocenters. The first-order valence-corrected chi connectivity index (χ1v) is 14.3. The number of fused-ring (bicyclic) bond motifs is 2. The minimum absolute atomic E-state index is 0.0737. The Balaban J connectivity index is 1.38. The highest BCUT2D eigenvalue weighted by Gasteiger charge is 2.48. The van der Waals surface area contributed by atoms with Gasteiger partial charge in [-0.2, -0.15) is 0 Å². The summed E-state index contributed by atoms with van der Waals surface area (Å²) in [4.78, 5) is 33.5. The third-order valence-corrected chi connectivity index (χ3v) is 8.22. The summed E-state index contributed by atoms with van der Waals surface area (Å²) in [5.74, 6) is 0.793. The van der Waals surface area contributed by atoms with E-state index in [2.05, 4.69) is 4.98 Å². The molecule has 1 fully saturated rings. The van der Waals surface area contributed by atoms with Gasteiger partial charge in [0.25, 0.3) is 5.78 Å². The largest absolute Gasteiger partial charge is 0.507 e. The van der Waals surface area contributed by atoms with Crippen molar-refractivity contribution in [3.63, 3.8) is 0 Å². The number of carbonyl (C=O) groups excluding carboxylic acids is 2. The topological polar surface area (TPSA) is 107 Å². The molecule has 2 aliphatic rings. The number of methoxy groups -OCH3 is 1. The quantitative estimate of drug-likeness (QED) is 0.135. The van der Waals surface area contributed by atoms with Crippen LogP contribution in [0.15, 0.2) is 96.6 Å². The predicted molar refractivity (Wildman–Crippen MR) is 161 cm³/mol. The highest BCUT2D eigenvalue weighted by atomic mass is 32.1. The van der Waals surface area contributed by atoms with Crippen LogP contribution in [0.4, 0.5) is 5.13 Å². The Morgan fingerprint density at radius 3 is 2.49 bits per heavy atom. The third-order valence-electron chi connectivity index (χ3n) is 7.20. The molecule has 0 spiro atoms. The fourth-order valence-electron chi connectivity index (χ4n) is 5.19. The zero-order chi connectivity index (χ0) is 29.5. The number of anilines is 1. The number of aliphatic hydroxyl groups is 1. The van der Waals surface area contributed by atoms with Crippen molar-refractivity contribution in [2.24, 2.45) is 0 Å². The maximum absolute atomic E-state index is 13.7. The van der Waals surface area contributed by atoms with E-state index in [1.165, 1.54) is 16.2 Å². The van der Waals surface area contributed by atoms with Gasteiger partial charge in [0.15, 0.2) is 16.6 Å². The number of para-hydroxylation sites is 1. The van der Waals surface area contributed by atoms with Crippen LogP contribution < -0.4 is 23.8 Å². The second kappa shape index (κ2) is 10.8. The first-order valence-electron chi connectivity index (χ1n) is 13.5. The van der Waals surface area contributed by atoms with Crippen LogP contribution in [0.25, 0.3) is 16.0 Å². The lowest BCUT2D eigenvalue weighted by Gasteiger charge is -2.23. The van der Waals surface area contributed by atoms with Crippen molar-refractivity contribution < 1.29 is 33.6 Å². The van der Waals surface area contributed by atoms with Crippen molar-refractivity contribution >= 4 is 44.1 Å². The minimum atomic E-state index is -0.991. The molecular formula is C33H24N2O7S. The minimum Gasteiger partial charge on any atom is -0.507 e. The summed E-state index contributed by atoms with van der Waals surface area (Å²) in [6, 6.07) is 25.7. The molecule has 4 aromatic carbocycles. The number of thiazole rings is 1. The molecule has 3 heterocycles. The van der Waals surface area contributed by atoms with Gasteiger partial charge >= 0.3 is 5.91 Å². The van der Waals surface area contributed by atoms with Gasteiger partial charge in [0.05, 0.1) is 28.9 Å². The molecule has 214 valence electrons. The highest BCUT2D eigenvalue weighted by Crippen LogP contribution is 2.46. The highest BCUT2D eigenvalue weighted by molar-refractivity contribution is 7.22. The number of nitrogens with zero attached hydrogens (tertiary/aromatic N) is 2. The fourth-order valence-corrected chi connectivity index (χ4v) is 6.21. The summed E-state index contributed by atoms with van der Waals surface area (Å²) >= 11 is 1.25. The molecule has 10 heteroatoms. The third kappa shape index (κ3) is 4.81. The molecule has 1 saturated heterocycles. The predicted octanol–water partition coefficient (Wildman–Crippen LogP) is 6.49. The van der Waals surface area contributed by atoms with Gasteiger partial charge in [-0.3, -0.25) is 14.5 Å². The lowest BCUT2D eigenvalue weighted by molar-refractivity contribution is -0.132. The molecule has 1 N–H and O–H groups in total. The van der Waals surface area contributed by atoms with E-state index in [1.807, 2.05) is 36.4 Å². The summed E-state index contributed by atoms with van der Waals surface area (Å²) in [7, 11) is 1.57. The summed E-state index contributed by atoms with van der Waals surface area (Å²) in [6.45, 7) is 0.775. The van der Waals surface area contributed by atoms with Crippen LogP contribution in [0, 0.1) is 0 Å². The van der Waals surface area contributed by atoms with Crippen molar-refractivity contribution in [3.05, 3.63) is 108 Å². The van der Waals surface area contributed by atoms with E-state index in [9.17, 15) is 14.7 Å². The number of carbonyl (C=O) groups is 2. The Morgan fingerprint density at radius 1 is 0.884 bits per heavy atom. The number of hydrogen-bond acceptors (Lipinski definition) is 9. The fraction of sp³-hybridized carbons (Fsp3) is 0.121. The lowest BCUT2D eigenvalue weighted by Crippen LogP contribution is -2.29. The zero-order valence-electron chi connectivity index (χ0n) is 22.9. The van der Waals surface area contributed by atoms with Gasteiger partial charge < -0.3 is 24.1 Å². The van der Waals surface area contributed by atoms with Crippen LogP contribution in [0.2, 0.25) is 0 Å². The number of rotatable bonds is 6. The number of amides is 1. The van der Waals surface area contributed by atoms with Gasteiger partial charge in [0.1, 0.15) is 36.2 Å². The molecule has 0 saturated carbocycles. The van der Waals surface area contributed by atoms with Gasteiger partial charge in [-0.1, -0.05) is 41.7 Å². The van der Waals surface area contributed by atoms with Crippen molar-refractivity contribution in [1.82, 2.24) is 4.98 Å². The van der Waals surface area contributed by atoms with Crippen molar-refractivity contribution in [2.45, 2.75) is 6.04 Å². The second-order valence-corrected chi connectivity index (χ2v) is 10.9. The number of benzene rings is 4. The molecule has 1 unspecified atom stereocenters. The van der Waals surface area contributed by atoms with Crippen LogP contribution in [-0.2, 0) is 9.59 Å². The first-order chi connectivity index (χ1) is 21.0. The zero-order valence-corrected chi connectivity index (χ0v) is 23.7. The average molecular weight is 593 g/mol. The van der Waals surface area contributed by atoms with Gasteiger partial charge in [0.2, 0.25) is 0 Å². The maximum atomic E-state index is 13.7. The molecule has 5 aromatic rings. The van der Waals surface area contributed by atoms with Crippen LogP contribution in [-0.4, -0.2) is 42.1 Å². The number of aromatic nitrogens is 1. The molecule has 43 heavy (non-hydrogen) atoms. The Kier molecular flexibility index (Phi) is 6.67. The molecule has 0 radical (unpaired) electrons. The maximum Gasteiger partial charge on any atom is 0.301 e. The Hall–Kier alpha value is -5.35. The van der Waals surface area contributed by atoms with Crippen LogP contribution in [0.1, 0.15) is 17.2 Å². The van der Waals surface area contributed by atoms with E-state index in [0.717, 1.165) is 4.70 Å². The number of ether oxygens (including phenoxy) is 4. The molecule has 1 amide bonds. The summed E-state index contributed by atoms with van der Waals surface area (Å²) in [5, 5.41) is 11.9. The number of ketones is 1. The van der Waals surface area contributed by atoms with Gasteiger partial charge in [-0.25, -0.2) is 4.98 Å². The Bertz CT molecular complexity index is 1920. The molecule has 1 aromatic heterocycles. The number of hydrogen-bond donors (Lipinski definition) is 1. The van der Waals surface area contributed by atoms with Crippen molar-refractivity contribution in [1.29, 1.82) is 0 Å². The monoisotopic (exact) mass is 592 g/mol. The van der Waals surface area contributed by atoms with Crippen LogP contribution in [0.5, 0.6) is 28.7 Å². The van der Waals surface area contributed by atoms with Crippen LogP contribution in [0.3, 0.4) is 0 Å². The van der Waals surface area contributed by atoms with E-state index in [-0.39, 0.29) is 11.3 Å².